The van der Waals surface area contributed by atoms with Crippen LogP contribution in [0.25, 0.3) is 5.76 Å². The maximum atomic E-state index is 12.6. The molecule has 26 heavy (non-hydrogen) atoms. The minimum atomic E-state index is -0.425. The van der Waals surface area contributed by atoms with Crippen LogP contribution < -0.4 is 5.32 Å². The molecule has 8 heteroatoms. The molecule has 138 valence electrons. The van der Waals surface area contributed by atoms with Gasteiger partial charge in [0, 0.05) is 23.6 Å². The number of fused-ring (bicyclic) bond motifs is 1. The second-order valence-corrected chi connectivity index (χ2v) is 8.10. The third-order valence-corrected chi connectivity index (χ3v) is 5.89. The summed E-state index contributed by atoms with van der Waals surface area (Å²) in [5.41, 5.74) is 0.837. The van der Waals surface area contributed by atoms with Gasteiger partial charge in [-0.1, -0.05) is 30.6 Å². The molecule has 1 amide bonds. The number of carbonyl (C=O) groups is 1. The van der Waals surface area contributed by atoms with Crippen molar-refractivity contribution in [2.75, 3.05) is 18.1 Å². The summed E-state index contributed by atoms with van der Waals surface area (Å²) in [5, 5.41) is 17.1. The van der Waals surface area contributed by atoms with E-state index in [-0.39, 0.29) is 11.5 Å². The van der Waals surface area contributed by atoms with Crippen LogP contribution in [0.15, 0.2) is 45.4 Å². The average molecular weight is 392 g/mol. The number of hydrogen-bond acceptors (Lipinski definition) is 7. The standard InChI is InChI=1S/C18H21N3O3S2/c1-3-4-9-25-11-12-10-15(20-24-12)19-18(23)16-17(22)13-7-5-6-8-14(13)26-21(16)2/h5-8,10,22H,3-4,9,11H2,1-2H3,(H,19,20,23). The van der Waals surface area contributed by atoms with E-state index in [1.807, 2.05) is 18.2 Å². The lowest BCUT2D eigenvalue weighted by atomic mass is 10.1. The van der Waals surface area contributed by atoms with Crippen LogP contribution in [0.3, 0.4) is 0 Å². The van der Waals surface area contributed by atoms with Gasteiger partial charge in [0.05, 0.1) is 5.75 Å². The number of aliphatic hydroxyl groups excluding tert-OH is 1. The molecule has 2 heterocycles. The van der Waals surface area contributed by atoms with E-state index in [2.05, 4.69) is 17.4 Å². The fourth-order valence-corrected chi connectivity index (χ4v) is 4.43. The van der Waals surface area contributed by atoms with Crippen LogP contribution in [0.5, 0.6) is 0 Å². The minimum Gasteiger partial charge on any atom is -0.505 e. The first-order valence-electron chi connectivity index (χ1n) is 8.39. The molecule has 6 nitrogen and oxygen atoms in total. The molecule has 0 aliphatic carbocycles. The average Bonchev–Trinajstić information content (AvgIpc) is 3.06. The zero-order valence-electron chi connectivity index (χ0n) is 14.7. The number of carbonyl (C=O) groups excluding carboxylic acids is 1. The van der Waals surface area contributed by atoms with E-state index in [1.54, 1.807) is 35.2 Å². The molecule has 2 aromatic rings. The fraction of sp³-hybridized carbons (Fsp3) is 0.333. The van der Waals surface area contributed by atoms with Crippen LogP contribution in [0.1, 0.15) is 31.1 Å². The zero-order chi connectivity index (χ0) is 18.5. The van der Waals surface area contributed by atoms with Crippen LogP contribution in [-0.4, -0.2) is 33.3 Å². The summed E-state index contributed by atoms with van der Waals surface area (Å²) in [6.07, 6.45) is 2.33. The third-order valence-electron chi connectivity index (χ3n) is 3.82. The molecule has 1 aliphatic heterocycles. The van der Waals surface area contributed by atoms with Crippen molar-refractivity contribution >= 4 is 41.2 Å². The number of aromatic nitrogens is 1. The van der Waals surface area contributed by atoms with Gasteiger partial charge in [0.15, 0.2) is 17.3 Å². The number of nitrogens with one attached hydrogen (secondary N) is 1. The monoisotopic (exact) mass is 391 g/mol. The topological polar surface area (TPSA) is 78.6 Å². The number of rotatable bonds is 7. The van der Waals surface area contributed by atoms with Crippen molar-refractivity contribution in [3.63, 3.8) is 0 Å². The maximum absolute atomic E-state index is 12.6. The van der Waals surface area contributed by atoms with Gasteiger partial charge in [-0.2, -0.15) is 11.8 Å². The zero-order valence-corrected chi connectivity index (χ0v) is 16.3. The summed E-state index contributed by atoms with van der Waals surface area (Å²) in [6, 6.07) is 9.14. The lowest BCUT2D eigenvalue weighted by Gasteiger charge is -2.27. The molecule has 1 aliphatic rings. The second-order valence-electron chi connectivity index (χ2n) is 5.82. The van der Waals surface area contributed by atoms with Gasteiger partial charge in [0.1, 0.15) is 5.76 Å². The van der Waals surface area contributed by atoms with Gasteiger partial charge in [-0.3, -0.25) is 4.79 Å². The number of unbranched alkanes of at least 4 members (excludes halogenated alkanes) is 1. The van der Waals surface area contributed by atoms with Gasteiger partial charge in [0.25, 0.3) is 5.91 Å². The predicted octanol–water partition coefficient (Wildman–Crippen LogP) is 4.53. The maximum Gasteiger partial charge on any atom is 0.277 e. The van der Waals surface area contributed by atoms with Crippen LogP contribution in [0.4, 0.5) is 5.82 Å². The quantitative estimate of drug-likeness (QED) is 0.530. The molecule has 0 saturated carbocycles. The minimum absolute atomic E-state index is 0.0433. The number of benzene rings is 1. The van der Waals surface area contributed by atoms with Gasteiger partial charge in [-0.15, -0.1) is 0 Å². The highest BCUT2D eigenvalue weighted by molar-refractivity contribution is 7.98. The van der Waals surface area contributed by atoms with Crippen molar-refractivity contribution in [1.29, 1.82) is 0 Å². The molecule has 0 unspecified atom stereocenters. The van der Waals surface area contributed by atoms with E-state index in [4.69, 9.17) is 4.52 Å². The van der Waals surface area contributed by atoms with Crippen molar-refractivity contribution < 1.29 is 14.4 Å². The molecule has 1 aromatic heterocycles. The summed E-state index contributed by atoms with van der Waals surface area (Å²) >= 11 is 3.17. The van der Waals surface area contributed by atoms with E-state index >= 15 is 0 Å². The molecule has 2 N–H and O–H groups in total. The predicted molar refractivity (Wildman–Crippen MR) is 106 cm³/mol. The lowest BCUT2D eigenvalue weighted by Crippen LogP contribution is -2.27. The smallest absolute Gasteiger partial charge is 0.277 e. The van der Waals surface area contributed by atoms with Crippen molar-refractivity contribution in [2.24, 2.45) is 0 Å². The summed E-state index contributed by atoms with van der Waals surface area (Å²) < 4.78 is 6.91. The van der Waals surface area contributed by atoms with Crippen LogP contribution in [0.2, 0.25) is 0 Å². The van der Waals surface area contributed by atoms with Gasteiger partial charge in [0.2, 0.25) is 0 Å². The number of anilines is 1. The molecule has 0 radical (unpaired) electrons. The van der Waals surface area contributed by atoms with E-state index in [9.17, 15) is 9.90 Å². The Balaban J connectivity index is 1.69. The lowest BCUT2D eigenvalue weighted by molar-refractivity contribution is -0.113. The fourth-order valence-electron chi connectivity index (χ4n) is 2.50. The first kappa shape index (κ1) is 18.7. The van der Waals surface area contributed by atoms with Crippen molar-refractivity contribution in [3.05, 3.63) is 47.4 Å². The molecule has 0 atom stereocenters. The molecule has 1 aromatic carbocycles. The summed E-state index contributed by atoms with van der Waals surface area (Å²) in [4.78, 5) is 13.5. The Kier molecular flexibility index (Phi) is 6.16. The number of hydrogen-bond donors (Lipinski definition) is 2. The highest BCUT2D eigenvalue weighted by Crippen LogP contribution is 2.38. The van der Waals surface area contributed by atoms with Gasteiger partial charge >= 0.3 is 0 Å². The second kappa shape index (κ2) is 8.55. The third kappa shape index (κ3) is 4.19. The Morgan fingerprint density at radius 2 is 2.23 bits per heavy atom. The van der Waals surface area contributed by atoms with Crippen molar-refractivity contribution in [2.45, 2.75) is 30.4 Å². The molecular formula is C18H21N3O3S2. The Hall–Kier alpha value is -2.06. The number of aliphatic hydroxyl groups is 1. The van der Waals surface area contributed by atoms with Crippen molar-refractivity contribution in [3.8, 4) is 0 Å². The van der Waals surface area contributed by atoms with Crippen LogP contribution in [0, 0.1) is 0 Å². The SMILES string of the molecule is CCCCSCc1cc(NC(=O)C2=C(O)c3ccccc3SN2C)no1. The first-order chi connectivity index (χ1) is 12.6. The largest absolute Gasteiger partial charge is 0.505 e. The summed E-state index contributed by atoms with van der Waals surface area (Å²) in [6.45, 7) is 2.16. The summed E-state index contributed by atoms with van der Waals surface area (Å²) in [5.74, 6) is 2.39. The Bertz CT molecular complexity index is 820. The van der Waals surface area contributed by atoms with Gasteiger partial charge < -0.3 is 19.3 Å². The molecule has 0 fully saturated rings. The van der Waals surface area contributed by atoms with E-state index in [1.165, 1.54) is 18.4 Å². The number of nitrogens with zero attached hydrogens (tertiary/aromatic N) is 2. The summed E-state index contributed by atoms with van der Waals surface area (Å²) in [7, 11) is 1.74. The molecule has 0 bridgehead atoms. The normalized spacial score (nSPS) is 13.7. The van der Waals surface area contributed by atoms with Crippen LogP contribution >= 0.6 is 23.7 Å². The number of likely N-dealkylation sites (N-methyl/N-ethyl adjacent to an activating group) is 1. The Labute approximate surface area is 161 Å². The molecule has 3 rings (SSSR count). The molecular weight excluding hydrogens is 370 g/mol. The molecule has 0 spiro atoms. The van der Waals surface area contributed by atoms with E-state index in [0.717, 1.165) is 28.6 Å². The van der Waals surface area contributed by atoms with Crippen LogP contribution in [-0.2, 0) is 10.5 Å². The Morgan fingerprint density at radius 1 is 1.42 bits per heavy atom. The Morgan fingerprint density at radius 3 is 3.04 bits per heavy atom. The highest BCUT2D eigenvalue weighted by Gasteiger charge is 2.28. The first-order valence-corrected chi connectivity index (χ1v) is 10.3. The molecule has 0 saturated heterocycles. The van der Waals surface area contributed by atoms with Crippen molar-refractivity contribution in [1.82, 2.24) is 9.46 Å². The van der Waals surface area contributed by atoms with Gasteiger partial charge in [-0.25, -0.2) is 0 Å². The van der Waals surface area contributed by atoms with E-state index in [0.29, 0.717) is 11.4 Å². The number of thioether (sulfide) groups is 1. The van der Waals surface area contributed by atoms with E-state index < -0.39 is 5.91 Å². The van der Waals surface area contributed by atoms with Gasteiger partial charge in [-0.05, 0) is 36.3 Å². The number of amides is 1. The highest BCUT2D eigenvalue weighted by atomic mass is 32.2.